The van der Waals surface area contributed by atoms with Crippen LogP contribution in [0.2, 0.25) is 0 Å². The minimum absolute atomic E-state index is 0.592. The smallest absolute Gasteiger partial charge is 0.0559 e. The van der Waals surface area contributed by atoms with E-state index in [9.17, 15) is 0 Å². The van der Waals surface area contributed by atoms with Crippen molar-refractivity contribution < 1.29 is 0 Å². The number of rotatable bonds is 0. The zero-order valence-electron chi connectivity index (χ0n) is 11.6. The van der Waals surface area contributed by atoms with E-state index < -0.39 is 0 Å². The van der Waals surface area contributed by atoms with E-state index >= 15 is 0 Å². The molecule has 0 amide bonds. The molecule has 2 aromatic rings. The van der Waals surface area contributed by atoms with Crippen LogP contribution in [0.1, 0.15) is 11.1 Å². The molecule has 2 nitrogen and oxygen atoms in total. The number of hydrogen-bond donors (Lipinski definition) is 2. The van der Waals surface area contributed by atoms with Crippen LogP contribution in [0, 0.1) is 23.7 Å². The summed E-state index contributed by atoms with van der Waals surface area (Å²) in [5.74, 6) is 11.6. The summed E-state index contributed by atoms with van der Waals surface area (Å²) in [6.07, 6.45) is 0. The maximum absolute atomic E-state index is 5.92. The van der Waals surface area contributed by atoms with Crippen LogP contribution in [-0.2, 0) is 0 Å². The molecule has 122 valence electrons. The van der Waals surface area contributed by atoms with Gasteiger partial charge in [0.15, 0.2) is 0 Å². The largest absolute Gasteiger partial charge is 0.398 e. The van der Waals surface area contributed by atoms with Crippen LogP contribution in [0.25, 0.3) is 0 Å². The zero-order chi connectivity index (χ0) is 18.0. The molecule has 24 heavy (non-hydrogen) atoms. The molecule has 0 atom stereocenters. The fourth-order valence-electron chi connectivity index (χ4n) is 1.63. The number of hydrogen-bond acceptors (Lipinski definition) is 2. The second-order valence-electron chi connectivity index (χ2n) is 4.41. The molecule has 0 saturated carbocycles. The van der Waals surface area contributed by atoms with Crippen LogP contribution in [0.3, 0.4) is 0 Å². The molecular weight excluding hydrogens is 700 g/mol. The maximum Gasteiger partial charge on any atom is 0.0559 e. The molecule has 0 aliphatic carbocycles. The van der Waals surface area contributed by atoms with E-state index in [1.165, 1.54) is 0 Å². The fraction of sp³-hybridized carbons (Fsp3) is 0. The average Bonchev–Trinajstić information content (AvgIpc) is 2.56. The van der Waals surface area contributed by atoms with E-state index in [0.29, 0.717) is 11.4 Å². The summed E-state index contributed by atoms with van der Waals surface area (Å²) in [6, 6.07) is 3.55. The van der Waals surface area contributed by atoms with E-state index in [1.54, 1.807) is 12.1 Å². The van der Waals surface area contributed by atoms with Gasteiger partial charge in [0.05, 0.1) is 8.95 Å². The van der Waals surface area contributed by atoms with Crippen LogP contribution in [0.15, 0.2) is 39.0 Å². The molecule has 0 saturated heterocycles. The molecule has 8 heteroatoms. The molecule has 2 rings (SSSR count). The fourth-order valence-corrected chi connectivity index (χ4v) is 4.49. The summed E-state index contributed by atoms with van der Waals surface area (Å²) in [6.45, 7) is 0. The van der Waals surface area contributed by atoms with Gasteiger partial charge in [0, 0.05) is 40.4 Å². The molecule has 0 unspecified atom stereocenters. The third-order valence-corrected chi connectivity index (χ3v) is 9.88. The van der Waals surface area contributed by atoms with Crippen LogP contribution >= 0.6 is 95.6 Å². The Morgan fingerprint density at radius 2 is 0.875 bits per heavy atom. The van der Waals surface area contributed by atoms with Gasteiger partial charge in [-0.3, -0.25) is 0 Å². The first-order valence-electron chi connectivity index (χ1n) is 6.12. The van der Waals surface area contributed by atoms with Gasteiger partial charge in [0.1, 0.15) is 0 Å². The van der Waals surface area contributed by atoms with Gasteiger partial charge in [0.25, 0.3) is 0 Å². The van der Waals surface area contributed by atoms with Crippen molar-refractivity contribution in [3.8, 4) is 23.7 Å². The number of nitrogen functional groups attached to an aromatic ring is 2. The molecule has 2 aromatic carbocycles. The summed E-state index contributed by atoms with van der Waals surface area (Å²) in [7, 11) is 0. The number of halogens is 6. The zero-order valence-corrected chi connectivity index (χ0v) is 21.1. The van der Waals surface area contributed by atoms with E-state index in [4.69, 9.17) is 11.5 Å². The highest BCUT2D eigenvalue weighted by Crippen LogP contribution is 2.38. The lowest BCUT2D eigenvalue weighted by molar-refractivity contribution is 1.49. The molecule has 0 bridgehead atoms. The van der Waals surface area contributed by atoms with Crippen molar-refractivity contribution in [2.45, 2.75) is 0 Å². The molecule has 4 N–H and O–H groups in total. The van der Waals surface area contributed by atoms with E-state index in [1.807, 2.05) is 0 Å². The quantitative estimate of drug-likeness (QED) is 0.180. The SMILES string of the molecule is Nc1cc(C#CC#Cc2cc(N)c(Br)c(Br)c2Br)c(Br)c(Br)c1Br. The summed E-state index contributed by atoms with van der Waals surface area (Å²) in [4.78, 5) is 0. The minimum atomic E-state index is 0.592. The second-order valence-corrected chi connectivity index (χ2v) is 9.17. The van der Waals surface area contributed by atoms with Gasteiger partial charge in [0.2, 0.25) is 0 Å². The number of benzene rings is 2. The Morgan fingerprint density at radius 1 is 0.542 bits per heavy atom. The summed E-state index contributed by atoms with van der Waals surface area (Å²) >= 11 is 20.7. The van der Waals surface area contributed by atoms with Crippen LogP contribution in [0.5, 0.6) is 0 Å². The lowest BCUT2D eigenvalue weighted by Gasteiger charge is -2.06. The van der Waals surface area contributed by atoms with E-state index in [0.717, 1.165) is 38.0 Å². The Labute approximate surface area is 190 Å². The van der Waals surface area contributed by atoms with Gasteiger partial charge < -0.3 is 11.5 Å². The Hall–Kier alpha value is 0.0400. The second kappa shape index (κ2) is 8.62. The minimum Gasteiger partial charge on any atom is -0.398 e. The molecule has 0 fully saturated rings. The van der Waals surface area contributed by atoms with Crippen molar-refractivity contribution in [2.75, 3.05) is 11.5 Å². The molecule has 0 radical (unpaired) electrons. The molecule has 0 aromatic heterocycles. The third kappa shape index (κ3) is 4.41. The highest BCUT2D eigenvalue weighted by atomic mass is 79.9. The Balaban J connectivity index is 2.40. The molecule has 0 spiro atoms. The van der Waals surface area contributed by atoms with Gasteiger partial charge in [-0.25, -0.2) is 0 Å². The van der Waals surface area contributed by atoms with Crippen molar-refractivity contribution in [1.29, 1.82) is 0 Å². The van der Waals surface area contributed by atoms with Gasteiger partial charge in [-0.15, -0.1) is 0 Å². The highest BCUT2D eigenvalue weighted by molar-refractivity contribution is 9.15. The lowest BCUT2D eigenvalue weighted by Crippen LogP contribution is -1.91. The normalized spacial score (nSPS) is 9.75. The summed E-state index contributed by atoms with van der Waals surface area (Å²) in [5.41, 5.74) is 14.5. The van der Waals surface area contributed by atoms with Crippen molar-refractivity contribution in [1.82, 2.24) is 0 Å². The Morgan fingerprint density at radius 3 is 1.21 bits per heavy atom. The standard InChI is InChI=1S/C16H6Br6N2/c17-11-7(5-9(23)13(19)15(11)21)3-1-2-4-8-6-10(24)14(20)16(22)12(8)18/h5-6H,23-24H2. The van der Waals surface area contributed by atoms with Crippen LogP contribution < -0.4 is 11.5 Å². The van der Waals surface area contributed by atoms with Crippen LogP contribution in [0.4, 0.5) is 11.4 Å². The van der Waals surface area contributed by atoms with Gasteiger partial charge in [-0.2, -0.15) is 0 Å². The van der Waals surface area contributed by atoms with Gasteiger partial charge in [-0.05, 0) is 120 Å². The molecule has 0 heterocycles. The first kappa shape index (κ1) is 20.4. The van der Waals surface area contributed by atoms with Crippen molar-refractivity contribution >= 4 is 107 Å². The predicted octanol–water partition coefficient (Wildman–Crippen LogP) is 6.83. The predicted molar refractivity (Wildman–Crippen MR) is 122 cm³/mol. The van der Waals surface area contributed by atoms with Crippen molar-refractivity contribution in [3.63, 3.8) is 0 Å². The lowest BCUT2D eigenvalue weighted by atomic mass is 10.2. The topological polar surface area (TPSA) is 52.0 Å². The number of nitrogens with two attached hydrogens (primary N) is 2. The Bertz CT molecular complexity index is 881. The van der Waals surface area contributed by atoms with Gasteiger partial charge >= 0.3 is 0 Å². The first-order chi connectivity index (χ1) is 11.2. The highest BCUT2D eigenvalue weighted by Gasteiger charge is 2.10. The van der Waals surface area contributed by atoms with E-state index in [-0.39, 0.29) is 0 Å². The van der Waals surface area contributed by atoms with Gasteiger partial charge in [-0.1, -0.05) is 11.8 Å². The Kier molecular flexibility index (Phi) is 7.31. The van der Waals surface area contributed by atoms with Crippen molar-refractivity contribution in [2.24, 2.45) is 0 Å². The number of anilines is 2. The maximum atomic E-state index is 5.92. The molecule has 0 aliphatic rings. The van der Waals surface area contributed by atoms with Crippen molar-refractivity contribution in [3.05, 3.63) is 50.1 Å². The summed E-state index contributed by atoms with van der Waals surface area (Å²) < 4.78 is 4.82. The molecular formula is C16H6Br6N2. The summed E-state index contributed by atoms with van der Waals surface area (Å²) in [5, 5.41) is 0. The average molecular weight is 706 g/mol. The molecule has 0 aliphatic heterocycles. The monoisotopic (exact) mass is 700 g/mol. The first-order valence-corrected chi connectivity index (χ1v) is 10.9. The third-order valence-electron chi connectivity index (χ3n) is 2.81. The van der Waals surface area contributed by atoms with E-state index in [2.05, 4.69) is 119 Å². The van der Waals surface area contributed by atoms with Crippen LogP contribution in [-0.4, -0.2) is 0 Å².